The van der Waals surface area contributed by atoms with Crippen LogP contribution in [0.25, 0.3) is 0 Å². The molecule has 0 unspecified atom stereocenters. The third-order valence-corrected chi connectivity index (χ3v) is 6.56. The summed E-state index contributed by atoms with van der Waals surface area (Å²) in [6, 6.07) is 13.3. The minimum atomic E-state index is 0.135. The Morgan fingerprint density at radius 1 is 0.885 bits per heavy atom. The van der Waals surface area contributed by atoms with Crippen LogP contribution in [0.4, 0.5) is 11.4 Å². The van der Waals surface area contributed by atoms with Gasteiger partial charge in [-0.2, -0.15) is 0 Å². The largest absolute Gasteiger partial charge is 0.353 e. The lowest BCUT2D eigenvalue weighted by Crippen LogP contribution is -2.26. The van der Waals surface area contributed by atoms with E-state index in [0.29, 0.717) is 0 Å². The Morgan fingerprint density at radius 3 is 2.31 bits per heavy atom. The van der Waals surface area contributed by atoms with Gasteiger partial charge in [0.2, 0.25) is 0 Å². The first kappa shape index (κ1) is 19.4. The summed E-state index contributed by atoms with van der Waals surface area (Å²) in [7, 11) is 0. The van der Waals surface area contributed by atoms with Crippen molar-refractivity contribution in [2.75, 3.05) is 5.32 Å². The number of hydrogen-bond acceptors (Lipinski definition) is 2. The molecule has 1 aliphatic rings. The molecule has 0 radical (unpaired) electrons. The molecule has 1 heterocycles. The quantitative estimate of drug-likeness (QED) is 0.458. The molecule has 0 aliphatic carbocycles. The zero-order chi connectivity index (χ0) is 18.9. The molecule has 1 nitrogen and oxygen atoms in total. The van der Waals surface area contributed by atoms with Crippen LogP contribution in [0.15, 0.2) is 46.2 Å². The maximum absolute atomic E-state index is 3.80. The van der Waals surface area contributed by atoms with Crippen molar-refractivity contribution >= 4 is 23.1 Å². The zero-order valence-electron chi connectivity index (χ0n) is 17.2. The predicted molar refractivity (Wildman–Crippen MR) is 116 cm³/mol. The second-order valence-corrected chi connectivity index (χ2v) is 10.3. The highest BCUT2D eigenvalue weighted by Crippen LogP contribution is 2.51. The number of hydrogen-bond donors (Lipinski definition) is 1. The lowest BCUT2D eigenvalue weighted by molar-refractivity contribution is 0.436. The Bertz CT molecular complexity index is 783. The number of anilines is 2. The number of para-hydroxylation sites is 1. The molecule has 3 rings (SSSR count). The number of benzene rings is 2. The van der Waals surface area contributed by atoms with E-state index in [1.807, 2.05) is 11.8 Å². The van der Waals surface area contributed by atoms with Crippen molar-refractivity contribution in [1.82, 2.24) is 0 Å². The molecular weight excluding hydrogens is 334 g/mol. The SMILES string of the molecule is CCCCCC(C)(C)c1c(C(C)(C)C)ccc2c1Nc1ccccc1S2. The van der Waals surface area contributed by atoms with Gasteiger partial charge in [0, 0.05) is 9.79 Å². The van der Waals surface area contributed by atoms with Gasteiger partial charge in [-0.15, -0.1) is 0 Å². The van der Waals surface area contributed by atoms with E-state index in [1.54, 1.807) is 0 Å². The Hall–Kier alpha value is -1.41. The number of unbranched alkanes of at least 4 members (excludes halogenated alkanes) is 2. The average molecular weight is 368 g/mol. The van der Waals surface area contributed by atoms with Gasteiger partial charge in [-0.25, -0.2) is 0 Å². The van der Waals surface area contributed by atoms with Crippen LogP contribution in [0, 0.1) is 0 Å². The van der Waals surface area contributed by atoms with E-state index in [0.717, 1.165) is 0 Å². The van der Waals surface area contributed by atoms with Crippen molar-refractivity contribution in [2.45, 2.75) is 87.8 Å². The van der Waals surface area contributed by atoms with Crippen LogP contribution in [0.3, 0.4) is 0 Å². The second-order valence-electron chi connectivity index (χ2n) is 9.18. The van der Waals surface area contributed by atoms with Gasteiger partial charge in [-0.3, -0.25) is 0 Å². The third-order valence-electron chi connectivity index (χ3n) is 5.42. The molecule has 0 saturated carbocycles. The Labute approximate surface area is 164 Å². The number of nitrogens with one attached hydrogen (secondary N) is 1. The fraction of sp³-hybridized carbons (Fsp3) is 0.500. The van der Waals surface area contributed by atoms with E-state index in [4.69, 9.17) is 0 Å². The molecule has 0 spiro atoms. The van der Waals surface area contributed by atoms with Crippen molar-refractivity contribution in [1.29, 1.82) is 0 Å². The third kappa shape index (κ3) is 3.81. The summed E-state index contributed by atoms with van der Waals surface area (Å²) < 4.78 is 0. The van der Waals surface area contributed by atoms with Crippen molar-refractivity contribution in [3.63, 3.8) is 0 Å². The first-order valence-corrected chi connectivity index (χ1v) is 10.8. The van der Waals surface area contributed by atoms with Gasteiger partial charge < -0.3 is 5.32 Å². The summed E-state index contributed by atoms with van der Waals surface area (Å²) in [5.41, 5.74) is 5.86. The maximum Gasteiger partial charge on any atom is 0.0567 e. The molecule has 2 aromatic rings. The minimum absolute atomic E-state index is 0.135. The summed E-state index contributed by atoms with van der Waals surface area (Å²) in [4.78, 5) is 2.67. The molecule has 140 valence electrons. The lowest BCUT2D eigenvalue weighted by atomic mass is 9.71. The topological polar surface area (TPSA) is 12.0 Å². The lowest BCUT2D eigenvalue weighted by Gasteiger charge is -2.37. The van der Waals surface area contributed by atoms with Gasteiger partial charge in [0.1, 0.15) is 0 Å². The normalized spacial score (nSPS) is 13.8. The molecule has 0 amide bonds. The van der Waals surface area contributed by atoms with E-state index in [-0.39, 0.29) is 10.8 Å². The predicted octanol–water partition coefficient (Wildman–Crippen LogP) is 8.05. The Balaban J connectivity index is 2.12. The number of rotatable bonds is 5. The van der Waals surface area contributed by atoms with Crippen molar-refractivity contribution in [3.8, 4) is 0 Å². The summed E-state index contributed by atoms with van der Waals surface area (Å²) in [6.07, 6.45) is 5.11. The van der Waals surface area contributed by atoms with Crippen LogP contribution in [-0.4, -0.2) is 0 Å². The van der Waals surface area contributed by atoms with Crippen LogP contribution in [0.2, 0.25) is 0 Å². The summed E-state index contributed by atoms with van der Waals surface area (Å²) >= 11 is 1.90. The minimum Gasteiger partial charge on any atom is -0.353 e. The molecule has 0 aromatic heterocycles. The van der Waals surface area contributed by atoms with Crippen LogP contribution < -0.4 is 5.32 Å². The Kier molecular flexibility index (Phi) is 5.44. The van der Waals surface area contributed by atoms with Crippen molar-refractivity contribution in [2.24, 2.45) is 0 Å². The molecule has 1 aliphatic heterocycles. The standard InChI is InChI=1S/C24H33NS/c1-7-8-11-16-24(5,6)21-17(23(2,3)4)14-15-20-22(21)25-18-12-9-10-13-19(18)26-20/h9-10,12-15,25H,7-8,11,16H2,1-6H3. The molecule has 2 heteroatoms. The fourth-order valence-electron chi connectivity index (χ4n) is 3.97. The van der Waals surface area contributed by atoms with Crippen molar-refractivity contribution in [3.05, 3.63) is 47.5 Å². The first-order chi connectivity index (χ1) is 12.2. The maximum atomic E-state index is 3.80. The summed E-state index contributed by atoms with van der Waals surface area (Å²) in [5.74, 6) is 0. The summed E-state index contributed by atoms with van der Waals surface area (Å²) in [5, 5.41) is 3.80. The molecule has 0 fully saturated rings. The van der Waals surface area contributed by atoms with Crippen LogP contribution in [-0.2, 0) is 10.8 Å². The fourth-order valence-corrected chi connectivity index (χ4v) is 4.98. The van der Waals surface area contributed by atoms with E-state index >= 15 is 0 Å². The molecule has 0 saturated heterocycles. The second kappa shape index (κ2) is 7.31. The molecular formula is C24H33NS. The average Bonchev–Trinajstić information content (AvgIpc) is 2.58. The zero-order valence-corrected chi connectivity index (χ0v) is 18.0. The van der Waals surface area contributed by atoms with E-state index < -0.39 is 0 Å². The van der Waals surface area contributed by atoms with Crippen LogP contribution >= 0.6 is 11.8 Å². The number of fused-ring (bicyclic) bond motifs is 2. The van der Waals surface area contributed by atoms with Gasteiger partial charge >= 0.3 is 0 Å². The smallest absolute Gasteiger partial charge is 0.0567 e. The van der Waals surface area contributed by atoms with Gasteiger partial charge in [0.25, 0.3) is 0 Å². The van der Waals surface area contributed by atoms with Crippen LogP contribution in [0.5, 0.6) is 0 Å². The summed E-state index contributed by atoms with van der Waals surface area (Å²) in [6.45, 7) is 14.2. The van der Waals surface area contributed by atoms with E-state index in [1.165, 1.54) is 58.0 Å². The van der Waals surface area contributed by atoms with Gasteiger partial charge in [0.15, 0.2) is 0 Å². The monoisotopic (exact) mass is 367 g/mol. The molecule has 0 atom stereocenters. The highest BCUT2D eigenvalue weighted by Gasteiger charge is 2.33. The van der Waals surface area contributed by atoms with Gasteiger partial charge in [0.05, 0.1) is 11.4 Å². The highest BCUT2D eigenvalue weighted by atomic mass is 32.2. The van der Waals surface area contributed by atoms with Gasteiger partial charge in [-0.1, -0.05) is 90.8 Å². The molecule has 0 bridgehead atoms. The Morgan fingerprint density at radius 2 is 1.62 bits per heavy atom. The van der Waals surface area contributed by atoms with Crippen LogP contribution in [0.1, 0.15) is 78.4 Å². The van der Waals surface area contributed by atoms with E-state index in [9.17, 15) is 0 Å². The first-order valence-electron chi connectivity index (χ1n) is 9.96. The molecule has 26 heavy (non-hydrogen) atoms. The molecule has 2 aromatic carbocycles. The van der Waals surface area contributed by atoms with Gasteiger partial charge in [-0.05, 0) is 46.6 Å². The van der Waals surface area contributed by atoms with Crippen molar-refractivity contribution < 1.29 is 0 Å². The van der Waals surface area contributed by atoms with E-state index in [2.05, 4.69) is 83.3 Å². The highest BCUT2D eigenvalue weighted by molar-refractivity contribution is 7.99. The molecule has 1 N–H and O–H groups in total.